The van der Waals surface area contributed by atoms with Crippen LogP contribution in [0.1, 0.15) is 50.7 Å². The molecule has 0 saturated carbocycles. The van der Waals surface area contributed by atoms with Crippen LogP contribution in [0.2, 0.25) is 0 Å². The smallest absolute Gasteiger partial charge is 0.295 e. The van der Waals surface area contributed by atoms with Crippen molar-refractivity contribution in [2.24, 2.45) is 0 Å². The fraction of sp³-hybridized carbons (Fsp3) is 0.647. The monoisotopic (exact) mass is 345 g/mol. The van der Waals surface area contributed by atoms with Crippen molar-refractivity contribution in [2.75, 3.05) is 25.0 Å². The van der Waals surface area contributed by atoms with Crippen molar-refractivity contribution < 1.29 is 4.79 Å². The molecule has 0 spiro atoms. The molecule has 1 saturated heterocycles. The standard InChI is InChI=1S/C17H27N7O/c1-17(2,3)24-13-18-15(21-24)16(25)20-14-11-19-23(12-14)10-9-22-7-5-4-6-8-22/h11-13H,4-10H2,1-3H3,(H,20,25). The first-order valence-electron chi connectivity index (χ1n) is 8.90. The van der Waals surface area contributed by atoms with Gasteiger partial charge in [0.2, 0.25) is 5.82 Å². The van der Waals surface area contributed by atoms with Crippen molar-refractivity contribution in [1.82, 2.24) is 29.4 Å². The summed E-state index contributed by atoms with van der Waals surface area (Å²) in [7, 11) is 0. The third kappa shape index (κ3) is 4.66. The summed E-state index contributed by atoms with van der Waals surface area (Å²) in [4.78, 5) is 18.8. The van der Waals surface area contributed by atoms with Gasteiger partial charge in [0.05, 0.1) is 24.0 Å². The number of amides is 1. The third-order valence-electron chi connectivity index (χ3n) is 4.37. The molecule has 136 valence electrons. The molecule has 0 aliphatic carbocycles. The Morgan fingerprint density at radius 2 is 1.96 bits per heavy atom. The van der Waals surface area contributed by atoms with Gasteiger partial charge in [-0.15, -0.1) is 5.10 Å². The van der Waals surface area contributed by atoms with E-state index in [1.807, 2.05) is 31.6 Å². The van der Waals surface area contributed by atoms with E-state index >= 15 is 0 Å². The SMILES string of the molecule is CC(C)(C)n1cnc(C(=O)Nc2cnn(CCN3CCCCC3)c2)n1. The highest BCUT2D eigenvalue weighted by Gasteiger charge is 2.19. The van der Waals surface area contributed by atoms with Crippen LogP contribution in [0.25, 0.3) is 0 Å². The van der Waals surface area contributed by atoms with Crippen LogP contribution >= 0.6 is 0 Å². The second-order valence-corrected chi connectivity index (χ2v) is 7.53. The number of nitrogens with one attached hydrogen (secondary N) is 1. The van der Waals surface area contributed by atoms with Crippen LogP contribution in [-0.2, 0) is 12.1 Å². The predicted octanol–water partition coefficient (Wildman–Crippen LogP) is 1.97. The Kier molecular flexibility index (Phi) is 5.17. The van der Waals surface area contributed by atoms with E-state index in [0.29, 0.717) is 5.69 Å². The van der Waals surface area contributed by atoms with Gasteiger partial charge in [-0.1, -0.05) is 6.42 Å². The molecule has 2 aromatic heterocycles. The van der Waals surface area contributed by atoms with E-state index in [0.717, 1.165) is 13.1 Å². The summed E-state index contributed by atoms with van der Waals surface area (Å²) >= 11 is 0. The van der Waals surface area contributed by atoms with E-state index in [1.54, 1.807) is 17.2 Å². The average Bonchev–Trinajstić information content (AvgIpc) is 3.23. The molecule has 1 aliphatic heterocycles. The number of carbonyl (C=O) groups excluding carboxylic acids is 1. The van der Waals surface area contributed by atoms with Crippen LogP contribution in [0, 0.1) is 0 Å². The predicted molar refractivity (Wildman–Crippen MR) is 95.5 cm³/mol. The van der Waals surface area contributed by atoms with Gasteiger partial charge in [0.25, 0.3) is 5.91 Å². The number of anilines is 1. The molecule has 8 nitrogen and oxygen atoms in total. The zero-order valence-electron chi connectivity index (χ0n) is 15.3. The van der Waals surface area contributed by atoms with E-state index < -0.39 is 0 Å². The number of likely N-dealkylation sites (tertiary alicyclic amines) is 1. The Labute approximate surface area is 148 Å². The van der Waals surface area contributed by atoms with E-state index in [-0.39, 0.29) is 17.3 Å². The van der Waals surface area contributed by atoms with E-state index in [1.165, 1.54) is 32.4 Å². The second-order valence-electron chi connectivity index (χ2n) is 7.53. The average molecular weight is 345 g/mol. The summed E-state index contributed by atoms with van der Waals surface area (Å²) < 4.78 is 3.55. The van der Waals surface area contributed by atoms with Crippen LogP contribution < -0.4 is 5.32 Å². The van der Waals surface area contributed by atoms with Crippen LogP contribution in [-0.4, -0.2) is 55.0 Å². The maximum Gasteiger partial charge on any atom is 0.295 e. The van der Waals surface area contributed by atoms with Crippen molar-refractivity contribution in [2.45, 2.75) is 52.1 Å². The van der Waals surface area contributed by atoms with Crippen LogP contribution in [0.5, 0.6) is 0 Å². The molecule has 3 rings (SSSR count). The van der Waals surface area contributed by atoms with Gasteiger partial charge in [-0.05, 0) is 46.7 Å². The summed E-state index contributed by atoms with van der Waals surface area (Å²) in [6, 6.07) is 0. The Balaban J connectivity index is 1.53. The minimum Gasteiger partial charge on any atom is -0.316 e. The highest BCUT2D eigenvalue weighted by Crippen LogP contribution is 2.13. The molecule has 1 aliphatic rings. The van der Waals surface area contributed by atoms with Crippen molar-refractivity contribution in [3.05, 3.63) is 24.5 Å². The maximum atomic E-state index is 12.3. The molecule has 25 heavy (non-hydrogen) atoms. The van der Waals surface area contributed by atoms with Crippen molar-refractivity contribution in [3.8, 4) is 0 Å². The van der Waals surface area contributed by atoms with E-state index in [2.05, 4.69) is 25.4 Å². The molecular weight excluding hydrogens is 318 g/mol. The molecule has 0 unspecified atom stereocenters. The number of aromatic nitrogens is 5. The van der Waals surface area contributed by atoms with Crippen LogP contribution in [0.15, 0.2) is 18.7 Å². The molecule has 1 fully saturated rings. The summed E-state index contributed by atoms with van der Waals surface area (Å²) in [5.74, 6) is -0.158. The molecule has 3 heterocycles. The highest BCUT2D eigenvalue weighted by atomic mass is 16.2. The zero-order valence-corrected chi connectivity index (χ0v) is 15.3. The van der Waals surface area contributed by atoms with Crippen molar-refractivity contribution in [1.29, 1.82) is 0 Å². The number of rotatable bonds is 5. The van der Waals surface area contributed by atoms with Gasteiger partial charge in [0, 0.05) is 12.7 Å². The maximum absolute atomic E-state index is 12.3. The second kappa shape index (κ2) is 7.35. The van der Waals surface area contributed by atoms with Crippen molar-refractivity contribution >= 4 is 11.6 Å². The summed E-state index contributed by atoms with van der Waals surface area (Å²) in [5.41, 5.74) is 0.459. The summed E-state index contributed by atoms with van der Waals surface area (Å²) in [5, 5.41) is 11.4. The Hall–Kier alpha value is -2.22. The van der Waals surface area contributed by atoms with Gasteiger partial charge in [0.15, 0.2) is 0 Å². The molecule has 0 atom stereocenters. The Bertz CT molecular complexity index is 707. The molecule has 1 amide bonds. The molecule has 8 heteroatoms. The number of hydrogen-bond acceptors (Lipinski definition) is 5. The topological polar surface area (TPSA) is 80.9 Å². The van der Waals surface area contributed by atoms with Gasteiger partial charge in [0.1, 0.15) is 6.33 Å². The lowest BCUT2D eigenvalue weighted by Gasteiger charge is -2.26. The fourth-order valence-corrected chi connectivity index (χ4v) is 2.85. The quantitative estimate of drug-likeness (QED) is 0.896. The lowest BCUT2D eigenvalue weighted by atomic mass is 10.1. The molecular formula is C17H27N7O. The number of piperidine rings is 1. The van der Waals surface area contributed by atoms with Gasteiger partial charge in [-0.25, -0.2) is 9.67 Å². The number of nitrogens with zero attached hydrogens (tertiary/aromatic N) is 6. The first-order chi connectivity index (χ1) is 11.9. The number of hydrogen-bond donors (Lipinski definition) is 1. The highest BCUT2D eigenvalue weighted by molar-refractivity contribution is 6.01. The molecule has 0 aromatic carbocycles. The molecule has 0 bridgehead atoms. The normalized spacial score (nSPS) is 16.1. The minimum absolute atomic E-state index is 0.163. The van der Waals surface area contributed by atoms with Gasteiger partial charge >= 0.3 is 0 Å². The fourth-order valence-electron chi connectivity index (χ4n) is 2.85. The Morgan fingerprint density at radius 1 is 1.20 bits per heavy atom. The summed E-state index contributed by atoms with van der Waals surface area (Å²) in [6.07, 6.45) is 9.01. The van der Waals surface area contributed by atoms with Crippen LogP contribution in [0.4, 0.5) is 5.69 Å². The Morgan fingerprint density at radius 3 is 2.64 bits per heavy atom. The van der Waals surface area contributed by atoms with E-state index in [9.17, 15) is 4.79 Å². The first kappa shape index (κ1) is 17.6. The lowest BCUT2D eigenvalue weighted by Crippen LogP contribution is -2.32. The minimum atomic E-state index is -0.321. The van der Waals surface area contributed by atoms with Gasteiger partial charge in [-0.2, -0.15) is 5.10 Å². The van der Waals surface area contributed by atoms with Gasteiger partial charge in [-0.3, -0.25) is 9.48 Å². The molecule has 1 N–H and O–H groups in total. The van der Waals surface area contributed by atoms with Crippen molar-refractivity contribution in [3.63, 3.8) is 0 Å². The number of carbonyl (C=O) groups is 1. The van der Waals surface area contributed by atoms with Gasteiger partial charge < -0.3 is 10.2 Å². The lowest BCUT2D eigenvalue weighted by molar-refractivity contribution is 0.101. The van der Waals surface area contributed by atoms with Crippen LogP contribution in [0.3, 0.4) is 0 Å². The zero-order chi connectivity index (χ0) is 17.9. The first-order valence-corrected chi connectivity index (χ1v) is 8.90. The summed E-state index contributed by atoms with van der Waals surface area (Å²) in [6.45, 7) is 10.2. The molecule has 0 radical (unpaired) electrons. The third-order valence-corrected chi connectivity index (χ3v) is 4.37. The van der Waals surface area contributed by atoms with E-state index in [4.69, 9.17) is 0 Å². The largest absolute Gasteiger partial charge is 0.316 e. The molecule has 2 aromatic rings.